The van der Waals surface area contributed by atoms with Crippen LogP contribution in [0.4, 0.5) is 5.95 Å². The van der Waals surface area contributed by atoms with Crippen molar-refractivity contribution in [1.29, 1.82) is 0 Å². The number of benzene rings is 2. The number of hydrogen-bond acceptors (Lipinski definition) is 8. The minimum atomic E-state index is -0.560. The highest BCUT2D eigenvalue weighted by Crippen LogP contribution is 2.43. The van der Waals surface area contributed by atoms with Gasteiger partial charge in [-0.3, -0.25) is 0 Å². The number of aryl methyl sites for hydroxylation is 1. The zero-order valence-corrected chi connectivity index (χ0v) is 24.7. The SMILES string of the molecule is CCCSc1nc2n(n1)C(c1cc(Br)c(OCc3ccccc3C)c(OCC)c1)C(C(=O)OCC)=C(C)N2. The number of esters is 1. The van der Waals surface area contributed by atoms with Crippen molar-refractivity contribution in [3.8, 4) is 11.5 Å². The number of halogens is 1. The van der Waals surface area contributed by atoms with Gasteiger partial charge in [-0.05, 0) is 78.9 Å². The summed E-state index contributed by atoms with van der Waals surface area (Å²) in [5.41, 5.74) is 4.19. The number of hydrogen-bond donors (Lipinski definition) is 1. The number of nitrogens with one attached hydrogen (secondary N) is 1. The summed E-state index contributed by atoms with van der Waals surface area (Å²) in [6.07, 6.45) is 1.01. The van der Waals surface area contributed by atoms with Crippen LogP contribution in [0.3, 0.4) is 0 Å². The molecular formula is C28H33BrN4O4S. The molecule has 0 saturated carbocycles. The Hall–Kier alpha value is -2.98. The Morgan fingerprint density at radius 3 is 2.63 bits per heavy atom. The molecule has 4 rings (SSSR count). The van der Waals surface area contributed by atoms with E-state index in [9.17, 15) is 4.79 Å². The number of aromatic nitrogens is 3. The molecule has 1 atom stereocenters. The molecule has 1 aliphatic rings. The molecule has 1 N–H and O–H groups in total. The van der Waals surface area contributed by atoms with E-state index in [-0.39, 0.29) is 6.61 Å². The maximum Gasteiger partial charge on any atom is 0.338 e. The fourth-order valence-corrected chi connectivity index (χ4v) is 5.50. The number of nitrogens with zero attached hydrogens (tertiary/aromatic N) is 3. The van der Waals surface area contributed by atoms with E-state index < -0.39 is 12.0 Å². The third-order valence-corrected chi connectivity index (χ3v) is 7.68. The smallest absolute Gasteiger partial charge is 0.338 e. The van der Waals surface area contributed by atoms with Crippen LogP contribution >= 0.6 is 27.7 Å². The molecular weight excluding hydrogens is 568 g/mol. The summed E-state index contributed by atoms with van der Waals surface area (Å²) in [5.74, 6) is 2.25. The van der Waals surface area contributed by atoms with Crippen molar-refractivity contribution in [3.63, 3.8) is 0 Å². The number of thioether (sulfide) groups is 1. The summed E-state index contributed by atoms with van der Waals surface area (Å²) in [6, 6.07) is 11.4. The maximum atomic E-state index is 13.2. The lowest BCUT2D eigenvalue weighted by molar-refractivity contribution is -0.139. The van der Waals surface area contributed by atoms with Crippen LogP contribution in [0.1, 0.15) is 56.8 Å². The molecule has 0 bridgehead atoms. The molecule has 0 aliphatic carbocycles. The molecule has 1 aliphatic heterocycles. The third-order valence-electron chi connectivity index (χ3n) is 6.04. The average Bonchev–Trinajstić information content (AvgIpc) is 3.29. The van der Waals surface area contributed by atoms with Gasteiger partial charge in [-0.25, -0.2) is 9.48 Å². The molecule has 202 valence electrons. The molecule has 3 aromatic rings. The van der Waals surface area contributed by atoms with Crippen molar-refractivity contribution in [3.05, 3.63) is 68.8 Å². The Kier molecular flexibility index (Phi) is 9.38. The number of anilines is 1. The van der Waals surface area contributed by atoms with Crippen LogP contribution in [-0.4, -0.2) is 39.7 Å². The number of carbonyl (C=O) groups excluding carboxylic acids is 1. The number of fused-ring (bicyclic) bond motifs is 1. The Balaban J connectivity index is 1.78. The van der Waals surface area contributed by atoms with E-state index in [1.165, 1.54) is 0 Å². The normalized spacial score (nSPS) is 14.6. The molecule has 0 saturated heterocycles. The second-order valence-corrected chi connectivity index (χ2v) is 10.7. The fourth-order valence-electron chi connectivity index (χ4n) is 4.24. The van der Waals surface area contributed by atoms with Crippen LogP contribution in [0.25, 0.3) is 0 Å². The van der Waals surface area contributed by atoms with E-state index in [0.717, 1.165) is 28.9 Å². The number of allylic oxidation sites excluding steroid dienone is 1. The van der Waals surface area contributed by atoms with Gasteiger partial charge in [-0.1, -0.05) is 43.0 Å². The molecule has 1 aromatic heterocycles. The van der Waals surface area contributed by atoms with Gasteiger partial charge < -0.3 is 19.5 Å². The quantitative estimate of drug-likeness (QED) is 0.192. The first-order valence-electron chi connectivity index (χ1n) is 12.8. The van der Waals surface area contributed by atoms with Crippen LogP contribution in [-0.2, 0) is 16.1 Å². The van der Waals surface area contributed by atoms with Crippen molar-refractivity contribution in [1.82, 2.24) is 14.8 Å². The van der Waals surface area contributed by atoms with E-state index in [2.05, 4.69) is 46.1 Å². The lowest BCUT2D eigenvalue weighted by Gasteiger charge is -2.29. The highest BCUT2D eigenvalue weighted by atomic mass is 79.9. The van der Waals surface area contributed by atoms with Gasteiger partial charge in [-0.2, -0.15) is 4.98 Å². The van der Waals surface area contributed by atoms with E-state index in [1.54, 1.807) is 23.4 Å². The molecule has 0 amide bonds. The standard InChI is InChI=1S/C28H33BrN4O4S/c1-6-13-38-28-31-27-30-18(5)23(26(34)36-8-3)24(33(27)32-28)20-14-21(29)25(22(15-20)35-7-2)37-16-19-12-10-9-11-17(19)4/h9-12,14-15,24H,6-8,13,16H2,1-5H3,(H,30,31,32). The van der Waals surface area contributed by atoms with Gasteiger partial charge in [0.15, 0.2) is 11.5 Å². The third kappa shape index (κ3) is 6.02. The Bertz CT molecular complexity index is 1340. The summed E-state index contributed by atoms with van der Waals surface area (Å²) >= 11 is 5.29. The van der Waals surface area contributed by atoms with Crippen molar-refractivity contribution in [2.24, 2.45) is 0 Å². The van der Waals surface area contributed by atoms with E-state index in [1.807, 2.05) is 44.2 Å². The first-order chi connectivity index (χ1) is 18.4. The molecule has 10 heteroatoms. The summed E-state index contributed by atoms with van der Waals surface area (Å²) in [7, 11) is 0. The zero-order chi connectivity index (χ0) is 27.2. The molecule has 8 nitrogen and oxygen atoms in total. The lowest BCUT2D eigenvalue weighted by Crippen LogP contribution is -2.29. The minimum absolute atomic E-state index is 0.268. The minimum Gasteiger partial charge on any atom is -0.490 e. The summed E-state index contributed by atoms with van der Waals surface area (Å²) in [5, 5.41) is 8.66. The Morgan fingerprint density at radius 1 is 1.13 bits per heavy atom. The highest BCUT2D eigenvalue weighted by molar-refractivity contribution is 9.10. The Morgan fingerprint density at radius 2 is 1.92 bits per heavy atom. The van der Waals surface area contributed by atoms with E-state index >= 15 is 0 Å². The van der Waals surface area contributed by atoms with Crippen molar-refractivity contribution in [2.45, 2.75) is 58.8 Å². The van der Waals surface area contributed by atoms with Crippen molar-refractivity contribution >= 4 is 39.6 Å². The van der Waals surface area contributed by atoms with Gasteiger partial charge >= 0.3 is 5.97 Å². The molecule has 0 fully saturated rings. The first-order valence-corrected chi connectivity index (χ1v) is 14.5. The predicted molar refractivity (Wildman–Crippen MR) is 153 cm³/mol. The monoisotopic (exact) mass is 600 g/mol. The van der Waals surface area contributed by atoms with Crippen molar-refractivity contribution in [2.75, 3.05) is 24.3 Å². The first kappa shape index (κ1) is 28.0. The zero-order valence-electron chi connectivity index (χ0n) is 22.3. The van der Waals surface area contributed by atoms with Crippen LogP contribution in [0, 0.1) is 6.92 Å². The van der Waals surface area contributed by atoms with E-state index in [4.69, 9.17) is 19.3 Å². The van der Waals surface area contributed by atoms with Gasteiger partial charge in [0.25, 0.3) is 0 Å². The van der Waals surface area contributed by atoms with Crippen LogP contribution in [0.2, 0.25) is 0 Å². The molecule has 2 heterocycles. The summed E-state index contributed by atoms with van der Waals surface area (Å²) in [6.45, 7) is 10.9. The number of carbonyl (C=O) groups is 1. The number of ether oxygens (including phenoxy) is 3. The van der Waals surface area contributed by atoms with Crippen LogP contribution in [0.15, 0.2) is 57.3 Å². The number of rotatable bonds is 11. The molecule has 2 aromatic carbocycles. The van der Waals surface area contributed by atoms with Gasteiger partial charge in [0.2, 0.25) is 11.1 Å². The van der Waals surface area contributed by atoms with Crippen LogP contribution in [0.5, 0.6) is 11.5 Å². The second-order valence-electron chi connectivity index (χ2n) is 8.78. The predicted octanol–water partition coefficient (Wildman–Crippen LogP) is 6.68. The molecule has 0 spiro atoms. The lowest BCUT2D eigenvalue weighted by atomic mass is 9.95. The second kappa shape index (κ2) is 12.7. The van der Waals surface area contributed by atoms with Gasteiger partial charge in [-0.15, -0.1) is 5.10 Å². The molecule has 1 unspecified atom stereocenters. The van der Waals surface area contributed by atoms with Gasteiger partial charge in [0, 0.05) is 11.4 Å². The average molecular weight is 602 g/mol. The molecule has 0 radical (unpaired) electrons. The summed E-state index contributed by atoms with van der Waals surface area (Å²) in [4.78, 5) is 17.9. The largest absolute Gasteiger partial charge is 0.490 e. The summed E-state index contributed by atoms with van der Waals surface area (Å²) < 4.78 is 20.2. The molecule has 38 heavy (non-hydrogen) atoms. The van der Waals surface area contributed by atoms with Gasteiger partial charge in [0.1, 0.15) is 12.6 Å². The fraction of sp³-hybridized carbons (Fsp3) is 0.393. The van der Waals surface area contributed by atoms with E-state index in [0.29, 0.717) is 51.6 Å². The maximum absolute atomic E-state index is 13.2. The Labute approximate surface area is 236 Å². The topological polar surface area (TPSA) is 87.5 Å². The van der Waals surface area contributed by atoms with Gasteiger partial charge in [0.05, 0.1) is 23.3 Å². The van der Waals surface area contributed by atoms with Crippen LogP contribution < -0.4 is 14.8 Å². The van der Waals surface area contributed by atoms with Crippen molar-refractivity contribution < 1.29 is 19.0 Å². The highest BCUT2D eigenvalue weighted by Gasteiger charge is 2.36.